The molecule has 16 heavy (non-hydrogen) atoms. The molecule has 1 aliphatic rings. The van der Waals surface area contributed by atoms with Crippen LogP contribution in [-0.4, -0.2) is 28.5 Å². The van der Waals surface area contributed by atoms with E-state index in [1.807, 2.05) is 0 Å². The van der Waals surface area contributed by atoms with Crippen molar-refractivity contribution >= 4 is 24.3 Å². The van der Waals surface area contributed by atoms with Gasteiger partial charge in [0.25, 0.3) is 5.91 Å². The number of halogens is 1. The highest BCUT2D eigenvalue weighted by Gasteiger charge is 2.48. The molecule has 0 aromatic carbocycles. The smallest absolute Gasteiger partial charge is 0.322 e. The van der Waals surface area contributed by atoms with E-state index in [2.05, 4.69) is 20.6 Å². The predicted molar refractivity (Wildman–Crippen MR) is 56.7 cm³/mol. The average molecular weight is 244 g/mol. The third-order valence-electron chi connectivity index (χ3n) is 2.25. The minimum atomic E-state index is -1.29. The van der Waals surface area contributed by atoms with Crippen molar-refractivity contribution in [2.75, 3.05) is 6.54 Å². The first-order chi connectivity index (χ1) is 7.19. The lowest BCUT2D eigenvalue weighted by Crippen LogP contribution is -2.50. The van der Waals surface area contributed by atoms with Crippen molar-refractivity contribution in [3.05, 3.63) is 24.3 Å². The fourth-order valence-electron chi connectivity index (χ4n) is 1.44. The topological polar surface area (TPSA) is 110 Å². The minimum Gasteiger partial charge on any atom is -0.327 e. The number of carbonyl (C=O) groups excluding carboxylic acids is 2. The Balaban J connectivity index is 0.00000128. The summed E-state index contributed by atoms with van der Waals surface area (Å²) in [5.74, 6) is -0.504. The maximum Gasteiger partial charge on any atom is 0.322 e. The van der Waals surface area contributed by atoms with Crippen LogP contribution in [0.25, 0.3) is 0 Å². The highest BCUT2D eigenvalue weighted by atomic mass is 35.5. The van der Waals surface area contributed by atoms with Gasteiger partial charge in [-0.1, -0.05) is 0 Å². The summed E-state index contributed by atoms with van der Waals surface area (Å²) in [7, 11) is 0. The van der Waals surface area contributed by atoms with Gasteiger partial charge in [0.15, 0.2) is 5.54 Å². The summed E-state index contributed by atoms with van der Waals surface area (Å²) in [6, 6.07) is -0.573. The van der Waals surface area contributed by atoms with E-state index in [1.165, 1.54) is 18.6 Å². The van der Waals surface area contributed by atoms with E-state index in [9.17, 15) is 9.59 Å². The number of carbonyl (C=O) groups is 2. The largest absolute Gasteiger partial charge is 0.327 e. The molecule has 0 radical (unpaired) electrons. The third-order valence-corrected chi connectivity index (χ3v) is 2.25. The van der Waals surface area contributed by atoms with Crippen LogP contribution in [0.3, 0.4) is 0 Å². The molecule has 0 spiro atoms. The van der Waals surface area contributed by atoms with Crippen LogP contribution in [0.1, 0.15) is 5.69 Å². The Morgan fingerprint density at radius 1 is 1.38 bits per heavy atom. The summed E-state index contributed by atoms with van der Waals surface area (Å²) in [6.07, 6.45) is 4.31. The van der Waals surface area contributed by atoms with Gasteiger partial charge in [0, 0.05) is 18.9 Å². The molecule has 8 heteroatoms. The van der Waals surface area contributed by atoms with Crippen molar-refractivity contribution in [3.63, 3.8) is 0 Å². The summed E-state index contributed by atoms with van der Waals surface area (Å²) in [5, 5.41) is 4.58. The molecule has 86 valence electrons. The van der Waals surface area contributed by atoms with E-state index in [1.54, 1.807) is 0 Å². The monoisotopic (exact) mass is 243 g/mol. The van der Waals surface area contributed by atoms with Crippen molar-refractivity contribution in [3.8, 4) is 0 Å². The second-order valence-corrected chi connectivity index (χ2v) is 3.11. The Morgan fingerprint density at radius 3 is 2.56 bits per heavy atom. The van der Waals surface area contributed by atoms with E-state index in [0.29, 0.717) is 5.69 Å². The van der Waals surface area contributed by atoms with Gasteiger partial charge in [0.05, 0.1) is 11.9 Å². The maximum absolute atomic E-state index is 11.6. The minimum absolute atomic E-state index is 0. The Kier molecular flexibility index (Phi) is 3.41. The van der Waals surface area contributed by atoms with Gasteiger partial charge in [-0.3, -0.25) is 20.1 Å². The van der Waals surface area contributed by atoms with E-state index >= 15 is 0 Å². The number of hydrogen-bond donors (Lipinski definition) is 3. The van der Waals surface area contributed by atoms with Crippen molar-refractivity contribution in [2.45, 2.75) is 5.54 Å². The molecule has 1 atom stereocenters. The van der Waals surface area contributed by atoms with Crippen LogP contribution in [0.15, 0.2) is 18.6 Å². The van der Waals surface area contributed by atoms with Crippen molar-refractivity contribution < 1.29 is 9.59 Å². The van der Waals surface area contributed by atoms with Crippen molar-refractivity contribution in [1.29, 1.82) is 0 Å². The molecule has 0 bridgehead atoms. The Bertz CT molecular complexity index is 412. The number of rotatable bonds is 2. The standard InChI is InChI=1S/C8H9N5O2.ClH/c9-4-8(5-3-10-1-2-11-5)6(14)12-7(15)13-8;/h1-3H,4,9H2,(H2,12,13,14,15);1H/t8-;/m1./s1. The van der Waals surface area contributed by atoms with Gasteiger partial charge >= 0.3 is 6.03 Å². The van der Waals surface area contributed by atoms with E-state index in [4.69, 9.17) is 5.73 Å². The van der Waals surface area contributed by atoms with E-state index < -0.39 is 17.5 Å². The average Bonchev–Trinajstić information content (AvgIpc) is 2.56. The molecule has 0 aliphatic carbocycles. The number of hydrogen-bond acceptors (Lipinski definition) is 5. The quantitative estimate of drug-likeness (QED) is 0.571. The number of aromatic nitrogens is 2. The zero-order valence-corrected chi connectivity index (χ0v) is 8.95. The molecule has 0 saturated carbocycles. The number of imide groups is 1. The number of nitrogens with one attached hydrogen (secondary N) is 2. The molecule has 1 aromatic rings. The van der Waals surface area contributed by atoms with Crippen molar-refractivity contribution in [2.24, 2.45) is 5.73 Å². The summed E-state index contributed by atoms with van der Waals surface area (Å²) >= 11 is 0. The van der Waals surface area contributed by atoms with Crippen LogP contribution >= 0.6 is 12.4 Å². The van der Waals surface area contributed by atoms with Gasteiger partial charge in [-0.25, -0.2) is 4.79 Å². The zero-order valence-electron chi connectivity index (χ0n) is 8.14. The molecule has 7 nitrogen and oxygen atoms in total. The van der Waals surface area contributed by atoms with Gasteiger partial charge in [0.1, 0.15) is 0 Å². The number of nitrogens with two attached hydrogens (primary N) is 1. The maximum atomic E-state index is 11.6. The second-order valence-electron chi connectivity index (χ2n) is 3.11. The molecule has 2 rings (SSSR count). The fraction of sp³-hybridized carbons (Fsp3) is 0.250. The van der Waals surface area contributed by atoms with Crippen LogP contribution in [0, 0.1) is 0 Å². The summed E-state index contributed by atoms with van der Waals surface area (Å²) in [4.78, 5) is 30.5. The van der Waals surface area contributed by atoms with Crippen LogP contribution in [0.4, 0.5) is 4.79 Å². The Hall–Kier alpha value is -1.73. The first kappa shape index (κ1) is 12.3. The predicted octanol–water partition coefficient (Wildman–Crippen LogP) is -1.11. The molecule has 3 amide bonds. The molecule has 0 unspecified atom stereocenters. The first-order valence-electron chi connectivity index (χ1n) is 4.29. The molecule has 2 heterocycles. The summed E-state index contributed by atoms with van der Waals surface area (Å²) in [5.41, 5.74) is 4.55. The van der Waals surface area contributed by atoms with E-state index in [0.717, 1.165) is 0 Å². The summed E-state index contributed by atoms with van der Waals surface area (Å²) in [6.45, 7) is -0.0662. The molecule has 1 aromatic heterocycles. The Labute approximate surface area is 97.2 Å². The molecular formula is C8H10ClN5O2. The fourth-order valence-corrected chi connectivity index (χ4v) is 1.44. The normalized spacial score (nSPS) is 23.3. The van der Waals surface area contributed by atoms with Crippen LogP contribution in [0.2, 0.25) is 0 Å². The number of amides is 3. The van der Waals surface area contributed by atoms with E-state index in [-0.39, 0.29) is 19.0 Å². The van der Waals surface area contributed by atoms with Crippen LogP contribution < -0.4 is 16.4 Å². The van der Waals surface area contributed by atoms with Gasteiger partial charge < -0.3 is 11.1 Å². The number of nitrogens with zero attached hydrogens (tertiary/aromatic N) is 2. The summed E-state index contributed by atoms with van der Waals surface area (Å²) < 4.78 is 0. The number of urea groups is 1. The lowest BCUT2D eigenvalue weighted by Gasteiger charge is -2.22. The van der Waals surface area contributed by atoms with Crippen LogP contribution in [-0.2, 0) is 10.3 Å². The first-order valence-corrected chi connectivity index (χ1v) is 4.29. The van der Waals surface area contributed by atoms with Crippen molar-refractivity contribution in [1.82, 2.24) is 20.6 Å². The van der Waals surface area contributed by atoms with Gasteiger partial charge in [-0.15, -0.1) is 12.4 Å². The van der Waals surface area contributed by atoms with Gasteiger partial charge in [0.2, 0.25) is 0 Å². The van der Waals surface area contributed by atoms with Crippen LogP contribution in [0.5, 0.6) is 0 Å². The SMILES string of the molecule is Cl.NC[C@]1(c2cnccn2)NC(=O)NC1=O. The molecular weight excluding hydrogens is 234 g/mol. The van der Waals surface area contributed by atoms with Gasteiger partial charge in [-0.05, 0) is 0 Å². The molecule has 4 N–H and O–H groups in total. The molecule has 1 fully saturated rings. The molecule has 1 aliphatic heterocycles. The second kappa shape index (κ2) is 4.42. The zero-order chi connectivity index (χ0) is 10.9. The lowest BCUT2D eigenvalue weighted by molar-refractivity contribution is -0.124. The lowest BCUT2D eigenvalue weighted by atomic mass is 9.96. The highest BCUT2D eigenvalue weighted by molar-refractivity contribution is 6.07. The van der Waals surface area contributed by atoms with Gasteiger partial charge in [-0.2, -0.15) is 0 Å². The third kappa shape index (κ3) is 1.70. The Morgan fingerprint density at radius 2 is 2.12 bits per heavy atom. The highest BCUT2D eigenvalue weighted by Crippen LogP contribution is 2.20. The molecule has 1 saturated heterocycles.